The Kier molecular flexibility index (Phi) is 2.09. The molecule has 2 aromatic rings. The first-order chi connectivity index (χ1) is 8.58. The summed E-state index contributed by atoms with van der Waals surface area (Å²) in [7, 11) is 0. The molecule has 0 aromatic carbocycles. The van der Waals surface area contributed by atoms with Crippen LogP contribution >= 0.6 is 0 Å². The Morgan fingerprint density at radius 2 is 2.17 bits per heavy atom. The van der Waals surface area contributed by atoms with Crippen LogP contribution in [0.1, 0.15) is 18.9 Å². The minimum Gasteiger partial charge on any atom is -0.503 e. The molecule has 3 rings (SSSR count). The van der Waals surface area contributed by atoms with E-state index in [-0.39, 0.29) is 11.7 Å². The van der Waals surface area contributed by atoms with E-state index in [0.29, 0.717) is 11.0 Å². The van der Waals surface area contributed by atoms with Crippen LogP contribution in [0.15, 0.2) is 23.1 Å². The van der Waals surface area contributed by atoms with Crippen molar-refractivity contribution in [2.24, 2.45) is 0 Å². The third-order valence-corrected chi connectivity index (χ3v) is 2.96. The van der Waals surface area contributed by atoms with Crippen molar-refractivity contribution in [3.63, 3.8) is 0 Å². The number of hydrogen-bond donors (Lipinski definition) is 1. The van der Waals surface area contributed by atoms with Crippen molar-refractivity contribution in [2.45, 2.75) is 18.9 Å². The first kappa shape index (κ1) is 10.7. The van der Waals surface area contributed by atoms with Gasteiger partial charge >= 0.3 is 0 Å². The molecular formula is C11H9N3O4. The van der Waals surface area contributed by atoms with Gasteiger partial charge in [-0.05, 0) is 18.9 Å². The van der Waals surface area contributed by atoms with Crippen LogP contribution in [0.25, 0.3) is 11.0 Å². The molecule has 0 amide bonds. The minimum atomic E-state index is -0.559. The average molecular weight is 247 g/mol. The molecule has 1 aliphatic carbocycles. The fourth-order valence-corrected chi connectivity index (χ4v) is 1.97. The van der Waals surface area contributed by atoms with Gasteiger partial charge in [0.1, 0.15) is 11.8 Å². The zero-order valence-electron chi connectivity index (χ0n) is 9.24. The van der Waals surface area contributed by atoms with E-state index in [1.54, 1.807) is 0 Å². The van der Waals surface area contributed by atoms with E-state index in [2.05, 4.69) is 4.98 Å². The van der Waals surface area contributed by atoms with Gasteiger partial charge in [0.15, 0.2) is 5.75 Å². The monoisotopic (exact) mass is 247 g/mol. The largest absolute Gasteiger partial charge is 0.503 e. The number of hydrogen-bond acceptors (Lipinski definition) is 5. The van der Waals surface area contributed by atoms with Gasteiger partial charge in [-0.2, -0.15) is 0 Å². The van der Waals surface area contributed by atoms with Gasteiger partial charge in [-0.3, -0.25) is 19.5 Å². The second-order valence-corrected chi connectivity index (χ2v) is 4.30. The number of fused-ring (bicyclic) bond motifs is 1. The zero-order chi connectivity index (χ0) is 12.9. The molecule has 1 saturated carbocycles. The first-order valence-electron chi connectivity index (χ1n) is 5.46. The van der Waals surface area contributed by atoms with Crippen LogP contribution in [0.2, 0.25) is 0 Å². The van der Waals surface area contributed by atoms with Crippen molar-refractivity contribution >= 4 is 16.7 Å². The molecule has 0 radical (unpaired) electrons. The van der Waals surface area contributed by atoms with E-state index in [0.717, 1.165) is 19.0 Å². The average Bonchev–Trinajstić information content (AvgIpc) is 3.14. The van der Waals surface area contributed by atoms with Crippen molar-refractivity contribution in [1.29, 1.82) is 0 Å². The van der Waals surface area contributed by atoms with E-state index in [1.807, 2.05) is 0 Å². The Morgan fingerprint density at radius 3 is 2.78 bits per heavy atom. The summed E-state index contributed by atoms with van der Waals surface area (Å²) < 4.78 is 1.41. The van der Waals surface area contributed by atoms with Gasteiger partial charge in [-0.1, -0.05) is 0 Å². The molecule has 92 valence electrons. The normalized spacial score (nSPS) is 14.9. The smallest absolute Gasteiger partial charge is 0.294 e. The van der Waals surface area contributed by atoms with Gasteiger partial charge in [0.2, 0.25) is 0 Å². The summed E-state index contributed by atoms with van der Waals surface area (Å²) in [6.07, 6.45) is 2.84. The van der Waals surface area contributed by atoms with Crippen molar-refractivity contribution < 1.29 is 10.0 Å². The molecule has 0 unspecified atom stereocenters. The Balaban J connectivity index is 2.35. The number of rotatable bonds is 2. The Bertz CT molecular complexity index is 718. The van der Waals surface area contributed by atoms with Crippen molar-refractivity contribution in [1.82, 2.24) is 9.55 Å². The Labute approximate surface area is 100 Å². The predicted octanol–water partition coefficient (Wildman–Crippen LogP) is 1.35. The molecule has 18 heavy (non-hydrogen) atoms. The lowest BCUT2D eigenvalue weighted by Crippen LogP contribution is -2.19. The maximum absolute atomic E-state index is 11.8. The van der Waals surface area contributed by atoms with Crippen LogP contribution in [0, 0.1) is 10.1 Å². The summed E-state index contributed by atoms with van der Waals surface area (Å²) in [5.74, 6) is -0.406. The van der Waals surface area contributed by atoms with Gasteiger partial charge in [-0.15, -0.1) is 0 Å². The van der Waals surface area contributed by atoms with Crippen LogP contribution in [-0.4, -0.2) is 19.6 Å². The molecule has 0 atom stereocenters. The van der Waals surface area contributed by atoms with E-state index in [1.165, 1.54) is 16.7 Å². The summed E-state index contributed by atoms with van der Waals surface area (Å²) in [4.78, 5) is 25.9. The van der Waals surface area contributed by atoms with Crippen LogP contribution < -0.4 is 5.56 Å². The van der Waals surface area contributed by atoms with E-state index >= 15 is 0 Å². The molecule has 0 saturated heterocycles. The molecular weight excluding hydrogens is 238 g/mol. The summed E-state index contributed by atoms with van der Waals surface area (Å²) in [6.45, 7) is 0. The lowest BCUT2D eigenvalue weighted by Gasteiger charge is -2.08. The van der Waals surface area contributed by atoms with Crippen LogP contribution in [-0.2, 0) is 0 Å². The third-order valence-electron chi connectivity index (χ3n) is 2.96. The molecule has 0 bridgehead atoms. The summed E-state index contributed by atoms with van der Waals surface area (Å²) in [5.41, 5.74) is -0.278. The molecule has 7 heteroatoms. The van der Waals surface area contributed by atoms with Gasteiger partial charge in [-0.25, -0.2) is 4.98 Å². The summed E-state index contributed by atoms with van der Waals surface area (Å²) in [6, 6.07) is 2.57. The third kappa shape index (κ3) is 1.52. The molecule has 0 aliphatic heterocycles. The standard InChI is InChI=1S/C11H9N3O4/c15-9-4-6-3-8(14(17)18)5-12-10(6)13(11(9)16)7-1-2-7/h3-5,7,15H,1-2H2. The fraction of sp³-hybridized carbons (Fsp3) is 0.273. The van der Waals surface area contributed by atoms with E-state index in [9.17, 15) is 20.0 Å². The molecule has 0 spiro atoms. The SMILES string of the molecule is O=c1c(O)cc2cc([N+](=O)[O-])cnc2n1C1CC1. The van der Waals surface area contributed by atoms with Crippen LogP contribution in [0.5, 0.6) is 5.75 Å². The molecule has 2 heterocycles. The number of nitrogens with zero attached hydrogens (tertiary/aromatic N) is 3. The summed E-state index contributed by atoms with van der Waals surface area (Å²) in [5, 5.41) is 20.6. The second kappa shape index (κ2) is 3.52. The molecule has 7 nitrogen and oxygen atoms in total. The zero-order valence-corrected chi connectivity index (χ0v) is 9.24. The van der Waals surface area contributed by atoms with Gasteiger partial charge in [0.25, 0.3) is 11.2 Å². The highest BCUT2D eigenvalue weighted by Crippen LogP contribution is 2.36. The van der Waals surface area contributed by atoms with Crippen LogP contribution in [0.4, 0.5) is 5.69 Å². The highest BCUT2D eigenvalue weighted by molar-refractivity contribution is 5.78. The molecule has 2 aromatic heterocycles. The minimum absolute atomic E-state index is 0.0426. The maximum atomic E-state index is 11.8. The second-order valence-electron chi connectivity index (χ2n) is 4.30. The molecule has 1 aliphatic rings. The highest BCUT2D eigenvalue weighted by atomic mass is 16.6. The van der Waals surface area contributed by atoms with Crippen molar-refractivity contribution in [3.8, 4) is 5.75 Å². The fourth-order valence-electron chi connectivity index (χ4n) is 1.97. The van der Waals surface area contributed by atoms with E-state index < -0.39 is 16.2 Å². The first-order valence-corrected chi connectivity index (χ1v) is 5.46. The Morgan fingerprint density at radius 1 is 1.44 bits per heavy atom. The van der Waals surface area contributed by atoms with Gasteiger partial charge < -0.3 is 5.11 Å². The maximum Gasteiger partial charge on any atom is 0.294 e. The molecule has 1 N–H and O–H groups in total. The predicted molar refractivity (Wildman–Crippen MR) is 62.6 cm³/mol. The van der Waals surface area contributed by atoms with Crippen molar-refractivity contribution in [2.75, 3.05) is 0 Å². The van der Waals surface area contributed by atoms with Gasteiger partial charge in [0, 0.05) is 17.5 Å². The quantitative estimate of drug-likeness (QED) is 0.637. The van der Waals surface area contributed by atoms with Gasteiger partial charge in [0.05, 0.1) is 4.92 Å². The topological polar surface area (TPSA) is 98.3 Å². The number of aromatic nitrogens is 2. The number of aromatic hydroxyl groups is 1. The highest BCUT2D eigenvalue weighted by Gasteiger charge is 2.28. The number of pyridine rings is 2. The Hall–Kier alpha value is -2.44. The molecule has 1 fully saturated rings. The van der Waals surface area contributed by atoms with Crippen molar-refractivity contribution in [3.05, 3.63) is 38.8 Å². The number of nitro groups is 1. The summed E-state index contributed by atoms with van der Waals surface area (Å²) >= 11 is 0. The lowest BCUT2D eigenvalue weighted by atomic mass is 10.2. The van der Waals surface area contributed by atoms with E-state index in [4.69, 9.17) is 0 Å². The lowest BCUT2D eigenvalue weighted by molar-refractivity contribution is -0.385. The van der Waals surface area contributed by atoms with Crippen LogP contribution in [0.3, 0.4) is 0 Å².